The van der Waals surface area contributed by atoms with Gasteiger partial charge in [0.1, 0.15) is 0 Å². The summed E-state index contributed by atoms with van der Waals surface area (Å²) in [5.41, 5.74) is 2.72. The first-order chi connectivity index (χ1) is 8.20. The normalized spacial score (nSPS) is 21.0. The van der Waals surface area contributed by atoms with Crippen molar-refractivity contribution in [2.75, 3.05) is 20.1 Å². The number of hydrogen-bond donors (Lipinski definition) is 1. The highest BCUT2D eigenvalue weighted by Crippen LogP contribution is 2.22. The lowest BCUT2D eigenvalue weighted by Gasteiger charge is -2.24. The lowest BCUT2D eigenvalue weighted by atomic mass is 10.1. The van der Waals surface area contributed by atoms with E-state index in [2.05, 4.69) is 51.3 Å². The van der Waals surface area contributed by atoms with Crippen LogP contribution >= 0.6 is 15.9 Å². The highest BCUT2D eigenvalue weighted by atomic mass is 79.9. The van der Waals surface area contributed by atoms with Gasteiger partial charge in [0.25, 0.3) is 0 Å². The Bertz CT molecular complexity index is 378. The van der Waals surface area contributed by atoms with Crippen molar-refractivity contribution >= 4 is 15.9 Å². The van der Waals surface area contributed by atoms with Gasteiger partial charge in [0, 0.05) is 23.6 Å². The maximum absolute atomic E-state index is 3.61. The Kier molecular flexibility index (Phi) is 4.60. The Morgan fingerprint density at radius 2 is 2.29 bits per heavy atom. The summed E-state index contributed by atoms with van der Waals surface area (Å²) in [6, 6.07) is 7.40. The van der Waals surface area contributed by atoms with E-state index in [1.165, 1.54) is 35.0 Å². The Balaban J connectivity index is 2.02. The molecule has 0 saturated carbocycles. The smallest absolute Gasteiger partial charge is 0.0237 e. The highest BCUT2D eigenvalue weighted by Gasteiger charge is 2.23. The summed E-state index contributed by atoms with van der Waals surface area (Å²) in [5.74, 6) is 0. The minimum Gasteiger partial charge on any atom is -0.318 e. The number of rotatable bonds is 4. The van der Waals surface area contributed by atoms with E-state index >= 15 is 0 Å². The number of nitrogens with one attached hydrogen (secondary N) is 1. The first-order valence-corrected chi connectivity index (χ1v) is 7.13. The predicted octanol–water partition coefficient (Wildman–Crippen LogP) is 2.94. The van der Waals surface area contributed by atoms with Gasteiger partial charge in [0.15, 0.2) is 0 Å². The monoisotopic (exact) mass is 296 g/mol. The Labute approximate surface area is 113 Å². The molecule has 1 aromatic carbocycles. The molecule has 2 nitrogen and oxygen atoms in total. The summed E-state index contributed by atoms with van der Waals surface area (Å²) in [6.45, 7) is 5.55. The Hall–Kier alpha value is -0.380. The second kappa shape index (κ2) is 5.98. The third kappa shape index (κ3) is 3.30. The van der Waals surface area contributed by atoms with Crippen molar-refractivity contribution in [3.05, 3.63) is 33.8 Å². The molecule has 0 aromatic heterocycles. The minimum atomic E-state index is 0.708. The van der Waals surface area contributed by atoms with Crippen LogP contribution in [0.25, 0.3) is 0 Å². The van der Waals surface area contributed by atoms with Gasteiger partial charge in [-0.3, -0.25) is 4.90 Å². The van der Waals surface area contributed by atoms with Crippen molar-refractivity contribution < 1.29 is 0 Å². The molecule has 0 bridgehead atoms. The van der Waals surface area contributed by atoms with Gasteiger partial charge in [-0.05, 0) is 50.6 Å². The van der Waals surface area contributed by atoms with Crippen LogP contribution in [0.1, 0.15) is 24.0 Å². The molecular weight excluding hydrogens is 276 g/mol. The number of aryl methyl sites for hydroxylation is 1. The maximum Gasteiger partial charge on any atom is 0.0237 e. The number of likely N-dealkylation sites (N-methyl/N-ethyl adjacent to an activating group) is 1. The second-order valence-corrected chi connectivity index (χ2v) is 5.76. The number of nitrogens with zero attached hydrogens (tertiary/aromatic N) is 1. The van der Waals surface area contributed by atoms with Gasteiger partial charge < -0.3 is 5.32 Å². The number of halogens is 1. The third-order valence-corrected chi connectivity index (χ3v) is 4.42. The van der Waals surface area contributed by atoms with Crippen LogP contribution in [0.5, 0.6) is 0 Å². The van der Waals surface area contributed by atoms with E-state index in [0.717, 1.165) is 13.1 Å². The van der Waals surface area contributed by atoms with Crippen LogP contribution in [0, 0.1) is 6.92 Å². The standard InChI is InChI=1S/C14H21BrN2/c1-11-5-6-12(8-14(11)15)10-17-7-3-4-13(17)9-16-2/h5-6,8,13,16H,3-4,7,9-10H2,1-2H3. The average molecular weight is 297 g/mol. The maximum atomic E-state index is 3.61. The molecule has 2 rings (SSSR count). The van der Waals surface area contributed by atoms with E-state index < -0.39 is 0 Å². The molecule has 1 aliphatic heterocycles. The largest absolute Gasteiger partial charge is 0.318 e. The first-order valence-electron chi connectivity index (χ1n) is 6.34. The first kappa shape index (κ1) is 13.1. The van der Waals surface area contributed by atoms with Gasteiger partial charge in [-0.25, -0.2) is 0 Å². The molecule has 1 atom stereocenters. The molecule has 17 heavy (non-hydrogen) atoms. The zero-order chi connectivity index (χ0) is 12.3. The highest BCUT2D eigenvalue weighted by molar-refractivity contribution is 9.10. The van der Waals surface area contributed by atoms with Crippen molar-refractivity contribution in [3.63, 3.8) is 0 Å². The molecule has 0 aliphatic carbocycles. The summed E-state index contributed by atoms with van der Waals surface area (Å²) in [7, 11) is 2.04. The Morgan fingerprint density at radius 1 is 1.47 bits per heavy atom. The molecule has 0 spiro atoms. The number of benzene rings is 1. The number of likely N-dealkylation sites (tertiary alicyclic amines) is 1. The average Bonchev–Trinajstić information content (AvgIpc) is 2.72. The quantitative estimate of drug-likeness (QED) is 0.919. The van der Waals surface area contributed by atoms with Crippen molar-refractivity contribution in [2.45, 2.75) is 32.4 Å². The summed E-state index contributed by atoms with van der Waals surface area (Å²) in [6.07, 6.45) is 2.66. The molecule has 0 radical (unpaired) electrons. The fourth-order valence-corrected chi connectivity index (χ4v) is 2.97. The van der Waals surface area contributed by atoms with Crippen molar-refractivity contribution in [1.82, 2.24) is 10.2 Å². The SMILES string of the molecule is CNCC1CCCN1Cc1ccc(C)c(Br)c1. The molecule has 1 fully saturated rings. The lowest BCUT2D eigenvalue weighted by molar-refractivity contribution is 0.242. The van der Waals surface area contributed by atoms with Crippen LogP contribution in [0.3, 0.4) is 0 Å². The zero-order valence-electron chi connectivity index (χ0n) is 10.7. The van der Waals surface area contributed by atoms with Crippen molar-refractivity contribution in [1.29, 1.82) is 0 Å². The van der Waals surface area contributed by atoms with E-state index in [4.69, 9.17) is 0 Å². The molecule has 1 unspecified atom stereocenters. The molecule has 0 amide bonds. The predicted molar refractivity (Wildman–Crippen MR) is 76.2 cm³/mol. The molecule has 1 N–H and O–H groups in total. The van der Waals surface area contributed by atoms with Crippen LogP contribution in [0.15, 0.2) is 22.7 Å². The fourth-order valence-electron chi connectivity index (χ4n) is 2.54. The fraction of sp³-hybridized carbons (Fsp3) is 0.571. The summed E-state index contributed by atoms with van der Waals surface area (Å²) >= 11 is 3.61. The third-order valence-electron chi connectivity index (χ3n) is 3.56. The van der Waals surface area contributed by atoms with E-state index in [9.17, 15) is 0 Å². The summed E-state index contributed by atoms with van der Waals surface area (Å²) in [4.78, 5) is 2.59. The summed E-state index contributed by atoms with van der Waals surface area (Å²) in [5, 5.41) is 3.29. The molecule has 94 valence electrons. The second-order valence-electron chi connectivity index (χ2n) is 4.91. The van der Waals surface area contributed by atoms with Gasteiger partial charge in [-0.15, -0.1) is 0 Å². The van der Waals surface area contributed by atoms with E-state index in [0.29, 0.717) is 6.04 Å². The van der Waals surface area contributed by atoms with Crippen LogP contribution in [0.4, 0.5) is 0 Å². The van der Waals surface area contributed by atoms with Crippen LogP contribution in [-0.4, -0.2) is 31.1 Å². The van der Waals surface area contributed by atoms with Gasteiger partial charge in [-0.1, -0.05) is 28.1 Å². The van der Waals surface area contributed by atoms with E-state index in [1.54, 1.807) is 0 Å². The minimum absolute atomic E-state index is 0.708. The molecule has 1 heterocycles. The molecule has 1 aromatic rings. The van der Waals surface area contributed by atoms with Crippen LogP contribution in [0.2, 0.25) is 0 Å². The summed E-state index contributed by atoms with van der Waals surface area (Å²) < 4.78 is 1.22. The van der Waals surface area contributed by atoms with E-state index in [-0.39, 0.29) is 0 Å². The molecular formula is C14H21BrN2. The van der Waals surface area contributed by atoms with Gasteiger partial charge in [0.05, 0.1) is 0 Å². The Morgan fingerprint density at radius 3 is 3.00 bits per heavy atom. The lowest BCUT2D eigenvalue weighted by Crippen LogP contribution is -2.36. The van der Waals surface area contributed by atoms with Crippen molar-refractivity contribution in [3.8, 4) is 0 Å². The van der Waals surface area contributed by atoms with Gasteiger partial charge >= 0.3 is 0 Å². The van der Waals surface area contributed by atoms with Crippen molar-refractivity contribution in [2.24, 2.45) is 0 Å². The molecule has 3 heteroatoms. The van der Waals surface area contributed by atoms with Gasteiger partial charge in [-0.2, -0.15) is 0 Å². The zero-order valence-corrected chi connectivity index (χ0v) is 12.3. The van der Waals surface area contributed by atoms with Gasteiger partial charge in [0.2, 0.25) is 0 Å². The number of hydrogen-bond acceptors (Lipinski definition) is 2. The topological polar surface area (TPSA) is 15.3 Å². The molecule has 1 saturated heterocycles. The van der Waals surface area contributed by atoms with Crippen LogP contribution < -0.4 is 5.32 Å². The molecule has 1 aliphatic rings. The van der Waals surface area contributed by atoms with Crippen LogP contribution in [-0.2, 0) is 6.54 Å². The van der Waals surface area contributed by atoms with E-state index in [1.807, 2.05) is 7.05 Å².